The van der Waals surface area contributed by atoms with Gasteiger partial charge in [-0.25, -0.2) is 0 Å². The highest BCUT2D eigenvalue weighted by Gasteiger charge is 2.11. The summed E-state index contributed by atoms with van der Waals surface area (Å²) in [6.07, 6.45) is 1.82. The van der Waals surface area contributed by atoms with Crippen LogP contribution >= 0.6 is 24.0 Å². The lowest BCUT2D eigenvalue weighted by molar-refractivity contribution is 0.297. The molecule has 2 aromatic carbocycles. The molecule has 0 bridgehead atoms. The second kappa shape index (κ2) is 10.9. The standard InChI is InChI=1S/C20H25N3O2.HI/c1-2-21-20(22-12-11-16-7-4-3-5-8-16)23-17-9-10-18-19(15-17)25-14-6-13-24-18;/h3-5,7-10,15H,2,6,11-14H2,1H3,(H2,21,22,23);1H. The third-order valence-electron chi connectivity index (χ3n) is 3.87. The van der Waals surface area contributed by atoms with Crippen LogP contribution in [0.25, 0.3) is 0 Å². The second-order valence-corrected chi connectivity index (χ2v) is 5.83. The summed E-state index contributed by atoms with van der Waals surface area (Å²) < 4.78 is 11.4. The van der Waals surface area contributed by atoms with Gasteiger partial charge in [-0.05, 0) is 31.0 Å². The van der Waals surface area contributed by atoms with Gasteiger partial charge < -0.3 is 20.1 Å². The molecule has 0 aliphatic carbocycles. The molecular formula is C20H26IN3O2. The topological polar surface area (TPSA) is 54.9 Å². The molecule has 0 spiro atoms. The molecule has 26 heavy (non-hydrogen) atoms. The third kappa shape index (κ3) is 6.09. The number of aliphatic imine (C=N–C) groups is 1. The van der Waals surface area contributed by atoms with Gasteiger partial charge >= 0.3 is 0 Å². The van der Waals surface area contributed by atoms with E-state index < -0.39 is 0 Å². The zero-order valence-corrected chi connectivity index (χ0v) is 17.4. The third-order valence-corrected chi connectivity index (χ3v) is 3.87. The molecule has 0 amide bonds. The lowest BCUT2D eigenvalue weighted by atomic mass is 10.2. The van der Waals surface area contributed by atoms with E-state index in [9.17, 15) is 0 Å². The van der Waals surface area contributed by atoms with Gasteiger partial charge in [0.1, 0.15) is 0 Å². The molecule has 0 fully saturated rings. The van der Waals surface area contributed by atoms with Crippen molar-refractivity contribution in [2.24, 2.45) is 4.99 Å². The number of hydrogen-bond acceptors (Lipinski definition) is 3. The second-order valence-electron chi connectivity index (χ2n) is 5.83. The summed E-state index contributed by atoms with van der Waals surface area (Å²) >= 11 is 0. The summed E-state index contributed by atoms with van der Waals surface area (Å²) in [7, 11) is 0. The summed E-state index contributed by atoms with van der Waals surface area (Å²) in [4.78, 5) is 4.66. The van der Waals surface area contributed by atoms with Crippen molar-refractivity contribution in [2.75, 3.05) is 31.6 Å². The van der Waals surface area contributed by atoms with Crippen molar-refractivity contribution < 1.29 is 9.47 Å². The van der Waals surface area contributed by atoms with E-state index in [-0.39, 0.29) is 24.0 Å². The van der Waals surface area contributed by atoms with Crippen molar-refractivity contribution in [3.8, 4) is 11.5 Å². The van der Waals surface area contributed by atoms with Crippen molar-refractivity contribution >= 4 is 35.6 Å². The quantitative estimate of drug-likeness (QED) is 0.395. The van der Waals surface area contributed by atoms with Gasteiger partial charge in [-0.2, -0.15) is 0 Å². The van der Waals surface area contributed by atoms with Crippen LogP contribution in [0.15, 0.2) is 53.5 Å². The molecule has 3 rings (SSSR count). The van der Waals surface area contributed by atoms with Crippen molar-refractivity contribution in [1.29, 1.82) is 0 Å². The first-order valence-corrected chi connectivity index (χ1v) is 8.84. The number of benzene rings is 2. The van der Waals surface area contributed by atoms with E-state index in [1.54, 1.807) is 0 Å². The normalized spacial score (nSPS) is 13.3. The number of nitrogens with one attached hydrogen (secondary N) is 2. The van der Waals surface area contributed by atoms with E-state index in [1.165, 1.54) is 5.56 Å². The molecule has 0 unspecified atom stereocenters. The van der Waals surface area contributed by atoms with E-state index in [2.05, 4.69) is 46.8 Å². The molecule has 5 nitrogen and oxygen atoms in total. The molecule has 1 heterocycles. The Labute approximate surface area is 172 Å². The predicted molar refractivity (Wildman–Crippen MR) is 117 cm³/mol. The smallest absolute Gasteiger partial charge is 0.195 e. The van der Waals surface area contributed by atoms with Gasteiger partial charge in [0, 0.05) is 31.3 Å². The molecule has 0 atom stereocenters. The van der Waals surface area contributed by atoms with Gasteiger partial charge in [0.15, 0.2) is 17.5 Å². The van der Waals surface area contributed by atoms with Crippen LogP contribution in [0.5, 0.6) is 11.5 Å². The molecule has 2 aromatic rings. The number of halogens is 1. The molecule has 0 aromatic heterocycles. The number of anilines is 1. The van der Waals surface area contributed by atoms with Gasteiger partial charge in [0.2, 0.25) is 0 Å². The van der Waals surface area contributed by atoms with Crippen molar-refractivity contribution in [1.82, 2.24) is 5.32 Å². The minimum Gasteiger partial charge on any atom is -0.490 e. The Bertz CT molecular complexity index is 707. The summed E-state index contributed by atoms with van der Waals surface area (Å²) in [5.74, 6) is 2.35. The molecule has 1 aliphatic rings. The number of rotatable bonds is 5. The Hall–Kier alpha value is -1.96. The average Bonchev–Trinajstić information content (AvgIpc) is 2.88. The molecule has 6 heteroatoms. The van der Waals surface area contributed by atoms with Crippen LogP contribution in [-0.2, 0) is 6.42 Å². The van der Waals surface area contributed by atoms with Crippen molar-refractivity contribution in [3.05, 3.63) is 54.1 Å². The maximum Gasteiger partial charge on any atom is 0.195 e. The van der Waals surface area contributed by atoms with E-state index >= 15 is 0 Å². The monoisotopic (exact) mass is 467 g/mol. The maximum absolute atomic E-state index is 5.74. The van der Waals surface area contributed by atoms with E-state index in [0.717, 1.165) is 49.1 Å². The Kier molecular flexibility index (Phi) is 8.53. The van der Waals surface area contributed by atoms with Gasteiger partial charge in [0.05, 0.1) is 13.2 Å². The minimum absolute atomic E-state index is 0. The number of nitrogens with zero attached hydrogens (tertiary/aromatic N) is 1. The summed E-state index contributed by atoms with van der Waals surface area (Å²) in [5.41, 5.74) is 2.22. The molecule has 140 valence electrons. The van der Waals surface area contributed by atoms with Gasteiger partial charge in [0.25, 0.3) is 0 Å². The molecule has 1 aliphatic heterocycles. The van der Waals surface area contributed by atoms with E-state index in [0.29, 0.717) is 13.2 Å². The lowest BCUT2D eigenvalue weighted by Crippen LogP contribution is -2.30. The van der Waals surface area contributed by atoms with Gasteiger partial charge in [-0.1, -0.05) is 30.3 Å². The van der Waals surface area contributed by atoms with Gasteiger partial charge in [-0.3, -0.25) is 4.99 Å². The van der Waals surface area contributed by atoms with Crippen LogP contribution in [0.4, 0.5) is 5.69 Å². The van der Waals surface area contributed by atoms with Crippen LogP contribution in [-0.4, -0.2) is 32.3 Å². The number of ether oxygens (including phenoxy) is 2. The number of hydrogen-bond donors (Lipinski definition) is 2. The fourth-order valence-corrected chi connectivity index (χ4v) is 2.63. The first-order chi connectivity index (χ1) is 12.3. The van der Waals surface area contributed by atoms with Gasteiger partial charge in [-0.15, -0.1) is 24.0 Å². The molecular weight excluding hydrogens is 441 g/mol. The SMILES string of the molecule is CCNC(=NCCc1ccccc1)Nc1ccc2c(c1)OCCCO2.I. The predicted octanol–water partition coefficient (Wildman–Crippen LogP) is 4.09. The van der Waals surface area contributed by atoms with Crippen LogP contribution in [0.1, 0.15) is 18.9 Å². The lowest BCUT2D eigenvalue weighted by Gasteiger charge is -2.13. The minimum atomic E-state index is 0. The summed E-state index contributed by atoms with van der Waals surface area (Å²) in [6, 6.07) is 16.3. The average molecular weight is 467 g/mol. The number of guanidine groups is 1. The Morgan fingerprint density at radius 2 is 1.81 bits per heavy atom. The van der Waals surface area contributed by atoms with Crippen LogP contribution < -0.4 is 20.1 Å². The van der Waals surface area contributed by atoms with E-state index in [4.69, 9.17) is 9.47 Å². The highest BCUT2D eigenvalue weighted by molar-refractivity contribution is 14.0. The summed E-state index contributed by atoms with van der Waals surface area (Å²) in [5, 5.41) is 6.62. The Morgan fingerprint density at radius 1 is 1.04 bits per heavy atom. The van der Waals surface area contributed by atoms with Crippen molar-refractivity contribution in [3.63, 3.8) is 0 Å². The molecule has 0 saturated carbocycles. The first kappa shape index (κ1) is 20.4. The van der Waals surface area contributed by atoms with E-state index in [1.807, 2.05) is 24.3 Å². The molecule has 0 radical (unpaired) electrons. The Balaban J connectivity index is 0.00000243. The Morgan fingerprint density at radius 3 is 2.58 bits per heavy atom. The summed E-state index contributed by atoms with van der Waals surface area (Å²) in [6.45, 7) is 4.97. The van der Waals surface area contributed by atoms with Crippen LogP contribution in [0.3, 0.4) is 0 Å². The number of fused-ring (bicyclic) bond motifs is 1. The zero-order chi connectivity index (χ0) is 17.3. The maximum atomic E-state index is 5.74. The van der Waals surface area contributed by atoms with Crippen molar-refractivity contribution in [2.45, 2.75) is 19.8 Å². The fraction of sp³-hybridized carbons (Fsp3) is 0.350. The molecule has 2 N–H and O–H groups in total. The highest BCUT2D eigenvalue weighted by atomic mass is 127. The van der Waals surface area contributed by atoms with Crippen LogP contribution in [0.2, 0.25) is 0 Å². The largest absolute Gasteiger partial charge is 0.490 e. The van der Waals surface area contributed by atoms with Crippen LogP contribution in [0, 0.1) is 0 Å². The fourth-order valence-electron chi connectivity index (χ4n) is 2.63. The molecule has 0 saturated heterocycles. The first-order valence-electron chi connectivity index (χ1n) is 8.84. The zero-order valence-electron chi connectivity index (χ0n) is 15.0. The highest BCUT2D eigenvalue weighted by Crippen LogP contribution is 2.32.